The fourth-order valence-electron chi connectivity index (χ4n) is 5.36. The molecular formula is C33H30BrO3P. The maximum atomic E-state index is 13.0. The number of halogens is 1. The fourth-order valence-corrected chi connectivity index (χ4v) is 9.77. The number of hydrogen-bond donors (Lipinski definition) is 1. The van der Waals surface area contributed by atoms with Crippen molar-refractivity contribution >= 4 is 34.7 Å². The van der Waals surface area contributed by atoms with E-state index in [2.05, 4.69) is 91.0 Å². The monoisotopic (exact) mass is 584 g/mol. The van der Waals surface area contributed by atoms with Crippen molar-refractivity contribution < 1.29 is 31.7 Å². The predicted molar refractivity (Wildman–Crippen MR) is 153 cm³/mol. The lowest BCUT2D eigenvalue weighted by Gasteiger charge is -2.27. The first-order valence-corrected chi connectivity index (χ1v) is 14.8. The highest BCUT2D eigenvalue weighted by Crippen LogP contribution is 2.56. The van der Waals surface area contributed by atoms with Crippen LogP contribution in [0.25, 0.3) is 0 Å². The Kier molecular flexibility index (Phi) is 9.09. The number of rotatable bonds is 9. The van der Waals surface area contributed by atoms with Crippen LogP contribution in [0, 0.1) is 0 Å². The standard InChI is InChI=1S/C33H29O3P.BrH/c34-31-28-21-12-13-22-29(28)32(35)33(36)30(31)23-11-4-14-24-37(25-15-5-1-6-16-25,26-17-7-2-8-18-26)27-19-9-3-10-20-27;/h1-3,5-10,12-13,15-22H,4,11,14,23-24H2;1H. The highest BCUT2D eigenvalue weighted by atomic mass is 79.9. The summed E-state index contributed by atoms with van der Waals surface area (Å²) >= 11 is 0. The average Bonchev–Trinajstić information content (AvgIpc) is 2.97. The first-order chi connectivity index (χ1) is 18.1. The van der Waals surface area contributed by atoms with Crippen LogP contribution in [0.1, 0.15) is 46.4 Å². The van der Waals surface area contributed by atoms with Crippen LogP contribution in [-0.2, 0) is 0 Å². The van der Waals surface area contributed by atoms with Gasteiger partial charge in [-0.2, -0.15) is 0 Å². The highest BCUT2D eigenvalue weighted by Gasteiger charge is 2.44. The van der Waals surface area contributed by atoms with Gasteiger partial charge in [-0.1, -0.05) is 78.9 Å². The molecule has 5 heteroatoms. The van der Waals surface area contributed by atoms with E-state index in [0.29, 0.717) is 12.0 Å². The third-order valence-corrected chi connectivity index (χ3v) is 11.7. The van der Waals surface area contributed by atoms with Crippen molar-refractivity contribution in [3.8, 4) is 0 Å². The van der Waals surface area contributed by atoms with Gasteiger partial charge >= 0.3 is 0 Å². The molecule has 1 aliphatic rings. The number of hydrogen-bond acceptors (Lipinski definition) is 3. The second-order valence-electron chi connectivity index (χ2n) is 9.38. The van der Waals surface area contributed by atoms with Gasteiger partial charge in [0.15, 0.2) is 11.5 Å². The average molecular weight is 585 g/mol. The molecular weight excluding hydrogens is 555 g/mol. The van der Waals surface area contributed by atoms with Crippen molar-refractivity contribution in [1.29, 1.82) is 0 Å². The predicted octanol–water partition coefficient (Wildman–Crippen LogP) is 3.44. The van der Waals surface area contributed by atoms with Gasteiger partial charge in [0, 0.05) is 16.7 Å². The zero-order valence-electron chi connectivity index (χ0n) is 21.1. The van der Waals surface area contributed by atoms with E-state index in [1.54, 1.807) is 24.3 Å². The molecule has 0 atom stereocenters. The quantitative estimate of drug-likeness (QED) is 0.242. The smallest absolute Gasteiger partial charge is 0.228 e. The number of Topliss-reactive ketones (excluding diaryl/α,β-unsaturated/α-hetero) is 2. The third-order valence-electron chi connectivity index (χ3n) is 7.20. The van der Waals surface area contributed by atoms with E-state index in [1.807, 2.05) is 0 Å². The van der Waals surface area contributed by atoms with Gasteiger partial charge in [0.05, 0.1) is 6.16 Å². The van der Waals surface area contributed by atoms with Crippen LogP contribution in [0.15, 0.2) is 127 Å². The Morgan fingerprint density at radius 2 is 0.947 bits per heavy atom. The maximum Gasteiger partial charge on any atom is 0.228 e. The number of allylic oxidation sites excluding steroid dienone is 2. The molecule has 0 heterocycles. The van der Waals surface area contributed by atoms with E-state index in [9.17, 15) is 14.7 Å². The van der Waals surface area contributed by atoms with Gasteiger partial charge < -0.3 is 22.1 Å². The second-order valence-corrected chi connectivity index (χ2v) is 13.0. The number of benzene rings is 4. The lowest BCUT2D eigenvalue weighted by atomic mass is 9.86. The molecule has 0 radical (unpaired) electrons. The Balaban J connectivity index is 0.00000336. The zero-order valence-corrected chi connectivity index (χ0v) is 23.6. The second kappa shape index (κ2) is 12.5. The van der Waals surface area contributed by atoms with Crippen LogP contribution >= 0.6 is 7.26 Å². The van der Waals surface area contributed by atoms with E-state index in [0.717, 1.165) is 25.4 Å². The SMILES string of the molecule is O=C1C(O)=C(CCCCC[P+](c2ccccc2)(c2ccccc2)c2ccccc2)C(=O)c2ccccc21.[Br-]. The normalized spacial score (nSPS) is 13.2. The summed E-state index contributed by atoms with van der Waals surface area (Å²) in [5.74, 6) is -1.07. The molecule has 192 valence electrons. The lowest BCUT2D eigenvalue weighted by molar-refractivity contribution is -0.0000214. The highest BCUT2D eigenvalue weighted by molar-refractivity contribution is 7.95. The van der Waals surface area contributed by atoms with E-state index in [1.165, 1.54) is 15.9 Å². The molecule has 1 N–H and O–H groups in total. The number of carbonyl (C=O) groups excluding carboxylic acids is 2. The number of carbonyl (C=O) groups is 2. The summed E-state index contributed by atoms with van der Waals surface area (Å²) < 4.78 is 0. The molecule has 4 aromatic rings. The fraction of sp³-hybridized carbons (Fsp3) is 0.152. The van der Waals surface area contributed by atoms with E-state index >= 15 is 0 Å². The number of fused-ring (bicyclic) bond motifs is 1. The summed E-state index contributed by atoms with van der Waals surface area (Å²) in [6.07, 6.45) is 4.01. The van der Waals surface area contributed by atoms with Gasteiger partial charge in [0.1, 0.15) is 23.2 Å². The van der Waals surface area contributed by atoms with Crippen molar-refractivity contribution in [3.05, 3.63) is 138 Å². The van der Waals surface area contributed by atoms with E-state index in [-0.39, 0.29) is 39.7 Å². The van der Waals surface area contributed by atoms with Gasteiger partial charge in [-0.3, -0.25) is 9.59 Å². The molecule has 1 aliphatic carbocycles. The topological polar surface area (TPSA) is 54.4 Å². The lowest BCUT2D eigenvalue weighted by Crippen LogP contribution is -3.00. The minimum atomic E-state index is -1.89. The zero-order chi connectivity index (χ0) is 25.7. The first kappa shape index (κ1) is 27.7. The van der Waals surface area contributed by atoms with Gasteiger partial charge in [0.25, 0.3) is 0 Å². The molecule has 5 rings (SSSR count). The molecule has 0 saturated heterocycles. The van der Waals surface area contributed by atoms with Crippen LogP contribution in [0.4, 0.5) is 0 Å². The van der Waals surface area contributed by atoms with Crippen molar-refractivity contribution in [2.75, 3.05) is 6.16 Å². The summed E-state index contributed by atoms with van der Waals surface area (Å²) in [5.41, 5.74) is 0.929. The van der Waals surface area contributed by atoms with E-state index < -0.39 is 13.0 Å². The Bertz CT molecular complexity index is 1340. The molecule has 0 aromatic heterocycles. The Morgan fingerprint density at radius 3 is 1.42 bits per heavy atom. The van der Waals surface area contributed by atoms with Crippen LogP contribution in [0.3, 0.4) is 0 Å². The van der Waals surface area contributed by atoms with Crippen molar-refractivity contribution in [2.24, 2.45) is 0 Å². The molecule has 0 amide bonds. The number of aliphatic hydroxyl groups is 1. The maximum absolute atomic E-state index is 13.0. The summed E-state index contributed by atoms with van der Waals surface area (Å²) in [6.45, 7) is 0. The number of aliphatic hydroxyl groups excluding tert-OH is 1. The Labute approximate surface area is 235 Å². The summed E-state index contributed by atoms with van der Waals surface area (Å²) in [5, 5.41) is 14.6. The van der Waals surface area contributed by atoms with Gasteiger partial charge in [-0.05, 0) is 62.1 Å². The molecule has 0 saturated carbocycles. The largest absolute Gasteiger partial charge is 1.00 e. The Morgan fingerprint density at radius 1 is 0.526 bits per heavy atom. The molecule has 4 aromatic carbocycles. The van der Waals surface area contributed by atoms with Crippen LogP contribution in [0.5, 0.6) is 0 Å². The molecule has 0 fully saturated rings. The van der Waals surface area contributed by atoms with Gasteiger partial charge in [-0.25, -0.2) is 0 Å². The third kappa shape index (κ3) is 5.29. The molecule has 3 nitrogen and oxygen atoms in total. The number of ketones is 2. The summed E-state index contributed by atoms with van der Waals surface area (Å²) in [7, 11) is -1.89. The summed E-state index contributed by atoms with van der Waals surface area (Å²) in [4.78, 5) is 25.6. The van der Waals surface area contributed by atoms with Crippen molar-refractivity contribution in [3.63, 3.8) is 0 Å². The van der Waals surface area contributed by atoms with Crippen LogP contribution in [0.2, 0.25) is 0 Å². The molecule has 0 spiro atoms. The molecule has 0 bridgehead atoms. The van der Waals surface area contributed by atoms with Crippen molar-refractivity contribution in [2.45, 2.75) is 25.7 Å². The van der Waals surface area contributed by atoms with Crippen molar-refractivity contribution in [1.82, 2.24) is 0 Å². The van der Waals surface area contributed by atoms with Gasteiger partial charge in [0.2, 0.25) is 5.78 Å². The van der Waals surface area contributed by atoms with Crippen LogP contribution < -0.4 is 32.9 Å². The molecule has 0 unspecified atom stereocenters. The summed E-state index contributed by atoms with van der Waals surface area (Å²) in [6, 6.07) is 39.1. The van der Waals surface area contributed by atoms with Gasteiger partial charge in [-0.15, -0.1) is 0 Å². The molecule has 38 heavy (non-hydrogen) atoms. The minimum absolute atomic E-state index is 0. The van der Waals surface area contributed by atoms with E-state index in [4.69, 9.17) is 0 Å². The minimum Gasteiger partial charge on any atom is -1.00 e. The number of unbranched alkanes of at least 4 members (excludes halogenated alkanes) is 2. The molecule has 0 aliphatic heterocycles. The Hall–Kier alpha value is -3.33. The first-order valence-electron chi connectivity index (χ1n) is 12.8. The van der Waals surface area contributed by atoms with Crippen LogP contribution in [-0.4, -0.2) is 22.8 Å².